The van der Waals surface area contributed by atoms with Crippen LogP contribution >= 0.6 is 11.8 Å². The van der Waals surface area contributed by atoms with Gasteiger partial charge in [0, 0.05) is 10.5 Å². The molecule has 2 rings (SSSR count). The zero-order chi connectivity index (χ0) is 9.47. The standard InChI is InChI=1S/C8H13FO2S2/c9-13(10,11)5-6-3-7-1-2-8(4-6)12-7/h6-8H,1-5H2. The van der Waals surface area contributed by atoms with Crippen LogP contribution in [0, 0.1) is 5.92 Å². The van der Waals surface area contributed by atoms with Crippen LogP contribution in [0.3, 0.4) is 0 Å². The van der Waals surface area contributed by atoms with Crippen LogP contribution in [0.5, 0.6) is 0 Å². The second-order valence-corrected chi connectivity index (χ2v) is 7.02. The van der Waals surface area contributed by atoms with E-state index >= 15 is 0 Å². The Morgan fingerprint density at radius 1 is 1.23 bits per heavy atom. The van der Waals surface area contributed by atoms with E-state index < -0.39 is 10.2 Å². The first kappa shape index (κ1) is 9.77. The van der Waals surface area contributed by atoms with E-state index in [0.717, 1.165) is 12.8 Å². The number of halogens is 1. The Kier molecular flexibility index (Phi) is 2.57. The monoisotopic (exact) mass is 224 g/mol. The number of fused-ring (bicyclic) bond motifs is 2. The summed E-state index contributed by atoms with van der Waals surface area (Å²) in [5.74, 6) is -0.172. The first-order valence-electron chi connectivity index (χ1n) is 4.61. The fourth-order valence-corrected chi connectivity index (χ4v) is 5.07. The van der Waals surface area contributed by atoms with Gasteiger partial charge in [-0.1, -0.05) is 0 Å². The predicted molar refractivity (Wildman–Crippen MR) is 52.0 cm³/mol. The molecule has 0 N–H and O–H groups in total. The first-order chi connectivity index (χ1) is 6.03. The number of hydrogen-bond donors (Lipinski definition) is 0. The van der Waals surface area contributed by atoms with Gasteiger partial charge in [0.15, 0.2) is 0 Å². The second kappa shape index (κ2) is 3.42. The Hall–Kier alpha value is 0.230. The molecule has 0 aromatic carbocycles. The molecule has 0 radical (unpaired) electrons. The van der Waals surface area contributed by atoms with Crippen LogP contribution < -0.4 is 0 Å². The summed E-state index contributed by atoms with van der Waals surface area (Å²) in [4.78, 5) is 0. The van der Waals surface area contributed by atoms with Crippen molar-refractivity contribution in [3.05, 3.63) is 0 Å². The molecule has 0 spiro atoms. The zero-order valence-corrected chi connectivity index (χ0v) is 8.91. The van der Waals surface area contributed by atoms with Gasteiger partial charge in [0.05, 0.1) is 5.75 Å². The Labute approximate surface area is 82.5 Å². The van der Waals surface area contributed by atoms with Crippen LogP contribution in [-0.2, 0) is 10.2 Å². The molecule has 2 aliphatic heterocycles. The summed E-state index contributed by atoms with van der Waals surface area (Å²) in [5, 5.41) is 1.20. The number of rotatable bonds is 2. The van der Waals surface area contributed by atoms with Gasteiger partial charge >= 0.3 is 10.2 Å². The molecule has 0 aromatic rings. The van der Waals surface area contributed by atoms with Gasteiger partial charge in [-0.2, -0.15) is 20.2 Å². The Balaban J connectivity index is 1.96. The minimum absolute atomic E-state index is 0.0775. The van der Waals surface area contributed by atoms with Crippen LogP contribution in [0.25, 0.3) is 0 Å². The summed E-state index contributed by atoms with van der Waals surface area (Å²) in [6, 6.07) is 0. The van der Waals surface area contributed by atoms with E-state index in [2.05, 4.69) is 0 Å². The predicted octanol–water partition coefficient (Wildman–Crippen LogP) is 1.96. The molecule has 2 nitrogen and oxygen atoms in total. The summed E-state index contributed by atoms with van der Waals surface area (Å²) >= 11 is 1.96. The minimum Gasteiger partial charge on any atom is -0.195 e. The Morgan fingerprint density at radius 2 is 1.77 bits per heavy atom. The van der Waals surface area contributed by atoms with E-state index in [-0.39, 0.29) is 11.7 Å². The topological polar surface area (TPSA) is 34.1 Å². The van der Waals surface area contributed by atoms with Gasteiger partial charge in [-0.3, -0.25) is 0 Å². The van der Waals surface area contributed by atoms with E-state index in [1.165, 1.54) is 12.8 Å². The average Bonchev–Trinajstić information content (AvgIpc) is 2.27. The summed E-state index contributed by atoms with van der Waals surface area (Å²) in [7, 11) is -4.25. The summed E-state index contributed by atoms with van der Waals surface area (Å²) in [6.45, 7) is 0. The molecule has 13 heavy (non-hydrogen) atoms. The van der Waals surface area contributed by atoms with Crippen molar-refractivity contribution >= 4 is 22.0 Å². The quantitative estimate of drug-likeness (QED) is 0.672. The smallest absolute Gasteiger partial charge is 0.195 e. The minimum atomic E-state index is -4.25. The fourth-order valence-electron chi connectivity index (χ4n) is 2.38. The lowest BCUT2D eigenvalue weighted by atomic mass is 10.0. The molecule has 0 aromatic heterocycles. The van der Waals surface area contributed by atoms with Crippen molar-refractivity contribution in [3.63, 3.8) is 0 Å². The highest BCUT2D eigenvalue weighted by Gasteiger charge is 2.36. The number of thioether (sulfide) groups is 1. The molecule has 2 heterocycles. The molecule has 2 aliphatic rings. The molecule has 76 valence electrons. The van der Waals surface area contributed by atoms with Crippen LogP contribution in [0.15, 0.2) is 0 Å². The maximum absolute atomic E-state index is 12.4. The highest BCUT2D eigenvalue weighted by molar-refractivity contribution is 8.00. The molecular formula is C8H13FO2S2. The normalized spacial score (nSPS) is 39.3. The third-order valence-corrected chi connectivity index (χ3v) is 5.32. The zero-order valence-electron chi connectivity index (χ0n) is 7.28. The highest BCUT2D eigenvalue weighted by atomic mass is 32.3. The molecule has 2 saturated heterocycles. The molecular weight excluding hydrogens is 211 g/mol. The van der Waals surface area contributed by atoms with Crippen LogP contribution in [0.4, 0.5) is 3.89 Å². The van der Waals surface area contributed by atoms with E-state index in [4.69, 9.17) is 0 Å². The molecule has 2 unspecified atom stereocenters. The lowest BCUT2D eigenvalue weighted by Gasteiger charge is -2.25. The third-order valence-electron chi connectivity index (χ3n) is 2.82. The highest BCUT2D eigenvalue weighted by Crippen LogP contribution is 2.46. The van der Waals surface area contributed by atoms with Crippen LogP contribution in [0.2, 0.25) is 0 Å². The van der Waals surface area contributed by atoms with E-state index in [0.29, 0.717) is 10.5 Å². The Morgan fingerprint density at radius 3 is 2.23 bits per heavy atom. The van der Waals surface area contributed by atoms with E-state index in [1.807, 2.05) is 11.8 Å². The van der Waals surface area contributed by atoms with Gasteiger partial charge in [-0.05, 0) is 31.6 Å². The molecule has 2 fully saturated rings. The largest absolute Gasteiger partial charge is 0.302 e. The summed E-state index contributed by atoms with van der Waals surface area (Å²) in [5.41, 5.74) is 0. The molecule has 5 heteroatoms. The SMILES string of the molecule is O=S(=O)(F)CC1CC2CCC(C1)S2. The maximum Gasteiger partial charge on any atom is 0.302 e. The first-order valence-corrected chi connectivity index (χ1v) is 7.10. The van der Waals surface area contributed by atoms with Crippen molar-refractivity contribution in [2.24, 2.45) is 5.92 Å². The molecule has 0 saturated carbocycles. The van der Waals surface area contributed by atoms with E-state index in [1.54, 1.807) is 0 Å². The van der Waals surface area contributed by atoms with Gasteiger partial charge in [0.2, 0.25) is 0 Å². The second-order valence-electron chi connectivity index (χ2n) is 4.00. The molecule has 0 amide bonds. The van der Waals surface area contributed by atoms with Crippen molar-refractivity contribution in [1.29, 1.82) is 0 Å². The fraction of sp³-hybridized carbons (Fsp3) is 1.00. The van der Waals surface area contributed by atoms with Gasteiger partial charge < -0.3 is 0 Å². The lowest BCUT2D eigenvalue weighted by Crippen LogP contribution is -2.22. The van der Waals surface area contributed by atoms with Gasteiger partial charge in [-0.15, -0.1) is 3.89 Å². The van der Waals surface area contributed by atoms with Crippen molar-refractivity contribution in [1.82, 2.24) is 0 Å². The van der Waals surface area contributed by atoms with Crippen molar-refractivity contribution < 1.29 is 12.3 Å². The van der Waals surface area contributed by atoms with Crippen LogP contribution in [-0.4, -0.2) is 24.7 Å². The van der Waals surface area contributed by atoms with Gasteiger partial charge in [0.25, 0.3) is 0 Å². The summed E-state index contributed by atoms with van der Waals surface area (Å²) in [6.07, 6.45) is 4.17. The maximum atomic E-state index is 12.4. The van der Waals surface area contributed by atoms with Crippen molar-refractivity contribution in [2.75, 3.05) is 5.75 Å². The summed E-state index contributed by atoms with van der Waals surface area (Å²) < 4.78 is 33.3. The molecule has 2 bridgehead atoms. The Bertz CT molecular complexity index is 277. The van der Waals surface area contributed by atoms with Crippen molar-refractivity contribution in [2.45, 2.75) is 36.2 Å². The molecule has 0 aliphatic carbocycles. The van der Waals surface area contributed by atoms with Crippen molar-refractivity contribution in [3.8, 4) is 0 Å². The van der Waals surface area contributed by atoms with Crippen LogP contribution in [0.1, 0.15) is 25.7 Å². The molecule has 2 atom stereocenters. The third kappa shape index (κ3) is 2.59. The van der Waals surface area contributed by atoms with Gasteiger partial charge in [0.1, 0.15) is 0 Å². The number of hydrogen-bond acceptors (Lipinski definition) is 3. The van der Waals surface area contributed by atoms with E-state index in [9.17, 15) is 12.3 Å². The average molecular weight is 224 g/mol. The van der Waals surface area contributed by atoms with Gasteiger partial charge in [-0.25, -0.2) is 0 Å². The lowest BCUT2D eigenvalue weighted by molar-refractivity contribution is 0.473.